The molecule has 10 nitrogen and oxygen atoms in total. The Morgan fingerprint density at radius 1 is 0.872 bits per heavy atom. The van der Waals surface area contributed by atoms with Gasteiger partial charge in [-0.25, -0.2) is 4.79 Å². The van der Waals surface area contributed by atoms with Crippen LogP contribution in [0.5, 0.6) is 11.5 Å². The molecule has 4 atom stereocenters. The van der Waals surface area contributed by atoms with E-state index in [1.165, 1.54) is 12.1 Å². The number of ether oxygens (including phenoxy) is 4. The van der Waals surface area contributed by atoms with Gasteiger partial charge in [0, 0.05) is 18.8 Å². The fourth-order valence-electron chi connectivity index (χ4n) is 3.91. The fraction of sp³-hybridized carbons (Fsp3) is 0.655. The number of carbonyl (C=O) groups excluding carboxylic acids is 3. The van der Waals surface area contributed by atoms with Crippen molar-refractivity contribution in [1.82, 2.24) is 0 Å². The summed E-state index contributed by atoms with van der Waals surface area (Å²) in [6.45, 7) is 9.19. The lowest BCUT2D eigenvalue weighted by Crippen LogP contribution is -2.40. The number of carboxylic acid groups (broad SMARTS) is 1. The van der Waals surface area contributed by atoms with Crippen LogP contribution in [0.2, 0.25) is 0 Å². The van der Waals surface area contributed by atoms with E-state index >= 15 is 0 Å². The van der Waals surface area contributed by atoms with Crippen LogP contribution >= 0.6 is 0 Å². The Morgan fingerprint density at radius 2 is 1.44 bits per heavy atom. The predicted molar refractivity (Wildman–Crippen MR) is 146 cm³/mol. The average Bonchev–Trinajstić information content (AvgIpc) is 2.89. The molecular weight excluding hydrogens is 506 g/mol. The van der Waals surface area contributed by atoms with Gasteiger partial charge in [0.25, 0.3) is 0 Å². The second-order valence-electron chi connectivity index (χ2n) is 9.83. The number of esters is 2. The Kier molecular flexibility index (Phi) is 15.8. The molecule has 0 saturated carbocycles. The number of hydrogen-bond donors (Lipinski definition) is 2. The van der Waals surface area contributed by atoms with Crippen LogP contribution in [0.15, 0.2) is 18.2 Å². The van der Waals surface area contributed by atoms with Gasteiger partial charge in [0.05, 0.1) is 6.61 Å². The van der Waals surface area contributed by atoms with E-state index < -0.39 is 41.9 Å². The summed E-state index contributed by atoms with van der Waals surface area (Å²) < 4.78 is 21.4. The van der Waals surface area contributed by atoms with Crippen molar-refractivity contribution in [3.05, 3.63) is 23.8 Å². The van der Waals surface area contributed by atoms with Crippen molar-refractivity contribution in [2.75, 3.05) is 6.61 Å². The molecule has 0 amide bonds. The number of carboxylic acids is 1. The minimum atomic E-state index is -1.36. The summed E-state index contributed by atoms with van der Waals surface area (Å²) in [5.74, 6) is -3.51. The number of carbonyl (C=O) groups is 4. The number of hydrogen-bond acceptors (Lipinski definition) is 9. The number of benzene rings is 1. The summed E-state index contributed by atoms with van der Waals surface area (Å²) in [4.78, 5) is 48.8. The van der Waals surface area contributed by atoms with E-state index in [-0.39, 0.29) is 37.1 Å². The zero-order valence-corrected chi connectivity index (χ0v) is 23.9. The third-order valence-electron chi connectivity index (χ3n) is 6.39. The van der Waals surface area contributed by atoms with Gasteiger partial charge in [0.1, 0.15) is 12.1 Å². The quantitative estimate of drug-likeness (QED) is 0.131. The van der Waals surface area contributed by atoms with E-state index in [1.807, 2.05) is 20.8 Å². The van der Waals surface area contributed by atoms with Gasteiger partial charge in [-0.3, -0.25) is 14.4 Å². The molecule has 0 saturated heterocycles. The summed E-state index contributed by atoms with van der Waals surface area (Å²) in [6.07, 6.45) is 4.79. The third kappa shape index (κ3) is 12.5. The summed E-state index contributed by atoms with van der Waals surface area (Å²) in [5.41, 5.74) is 6.49. The Hall–Kier alpha value is -3.14. The molecule has 0 aliphatic carbocycles. The standard InChI is InChI=1S/C29H45NO9/c1-6-9-11-13-24(31)38-22-16-15-21(17-23(22)39-25(32)14-12-10-7-2)26(27(30)28(33)34)19(4)18-36-29(35)37-20(5)8-3/h15-17,19-20,26-27H,6-14,18,30H2,1-5H3,(H,33,34)/t19?,20?,26?,27-/m0/s1. The van der Waals surface area contributed by atoms with Crippen LogP contribution in [-0.2, 0) is 23.9 Å². The van der Waals surface area contributed by atoms with Crippen LogP contribution in [0.1, 0.15) is 104 Å². The zero-order chi connectivity index (χ0) is 29.4. The van der Waals surface area contributed by atoms with Crippen LogP contribution in [0.3, 0.4) is 0 Å². The third-order valence-corrected chi connectivity index (χ3v) is 6.39. The van der Waals surface area contributed by atoms with Crippen molar-refractivity contribution in [3.8, 4) is 11.5 Å². The van der Waals surface area contributed by atoms with Crippen molar-refractivity contribution in [2.45, 2.75) is 110 Å². The minimum absolute atomic E-state index is 0.00438. The molecule has 0 heterocycles. The van der Waals surface area contributed by atoms with Gasteiger partial charge in [-0.2, -0.15) is 0 Å². The Labute approximate surface area is 231 Å². The monoisotopic (exact) mass is 551 g/mol. The second-order valence-corrected chi connectivity index (χ2v) is 9.83. The summed E-state index contributed by atoms with van der Waals surface area (Å²) in [6, 6.07) is 3.15. The van der Waals surface area contributed by atoms with E-state index in [1.54, 1.807) is 19.9 Å². The van der Waals surface area contributed by atoms with Crippen molar-refractivity contribution >= 4 is 24.1 Å². The summed E-state index contributed by atoms with van der Waals surface area (Å²) in [5, 5.41) is 9.69. The number of nitrogens with two attached hydrogens (primary N) is 1. The predicted octanol–water partition coefficient (Wildman–Crippen LogP) is 5.74. The van der Waals surface area contributed by atoms with Gasteiger partial charge in [-0.05, 0) is 49.8 Å². The maximum absolute atomic E-state index is 12.5. The van der Waals surface area contributed by atoms with E-state index in [9.17, 15) is 24.3 Å². The molecular formula is C29H45NO9. The van der Waals surface area contributed by atoms with Crippen LogP contribution in [0.25, 0.3) is 0 Å². The molecule has 1 aromatic carbocycles. The molecule has 1 rings (SSSR count). The number of unbranched alkanes of at least 4 members (excludes halogenated alkanes) is 4. The normalized spacial score (nSPS) is 14.0. The molecule has 0 radical (unpaired) electrons. The van der Waals surface area contributed by atoms with Crippen LogP contribution in [-0.4, -0.2) is 47.9 Å². The first-order valence-corrected chi connectivity index (χ1v) is 13.9. The van der Waals surface area contributed by atoms with E-state index in [4.69, 9.17) is 24.7 Å². The molecule has 0 aliphatic heterocycles. The van der Waals surface area contributed by atoms with Crippen molar-refractivity contribution in [1.29, 1.82) is 0 Å². The highest BCUT2D eigenvalue weighted by atomic mass is 16.7. The summed E-state index contributed by atoms with van der Waals surface area (Å²) in [7, 11) is 0. The molecule has 10 heteroatoms. The van der Waals surface area contributed by atoms with Crippen LogP contribution in [0, 0.1) is 5.92 Å². The van der Waals surface area contributed by atoms with Crippen molar-refractivity contribution < 1.29 is 43.2 Å². The maximum Gasteiger partial charge on any atom is 0.508 e. The van der Waals surface area contributed by atoms with E-state index in [0.29, 0.717) is 24.8 Å². The first-order valence-electron chi connectivity index (χ1n) is 13.9. The van der Waals surface area contributed by atoms with Gasteiger partial charge >= 0.3 is 24.1 Å². The molecule has 39 heavy (non-hydrogen) atoms. The lowest BCUT2D eigenvalue weighted by molar-refractivity contribution is -0.139. The topological polar surface area (TPSA) is 151 Å². The largest absolute Gasteiger partial charge is 0.508 e. The van der Waals surface area contributed by atoms with Crippen LogP contribution in [0.4, 0.5) is 4.79 Å². The highest BCUT2D eigenvalue weighted by molar-refractivity contribution is 5.77. The van der Waals surface area contributed by atoms with Gasteiger partial charge < -0.3 is 29.8 Å². The fourth-order valence-corrected chi connectivity index (χ4v) is 3.91. The molecule has 0 aliphatic rings. The molecule has 0 spiro atoms. The van der Waals surface area contributed by atoms with Crippen molar-refractivity contribution in [2.24, 2.45) is 11.7 Å². The zero-order valence-electron chi connectivity index (χ0n) is 23.9. The number of rotatable bonds is 18. The van der Waals surface area contributed by atoms with Gasteiger partial charge in [0.2, 0.25) is 0 Å². The molecule has 0 bridgehead atoms. The van der Waals surface area contributed by atoms with Gasteiger partial charge in [-0.15, -0.1) is 0 Å². The SMILES string of the molecule is CCCCCC(=O)Oc1ccc(C(C(C)COC(=O)OC(C)CC)[C@H](N)C(=O)O)cc1OC(=O)CCCCC. The average molecular weight is 552 g/mol. The molecule has 3 N–H and O–H groups in total. The number of aliphatic carboxylic acids is 1. The Bertz CT molecular complexity index is 933. The van der Waals surface area contributed by atoms with Crippen molar-refractivity contribution in [3.63, 3.8) is 0 Å². The van der Waals surface area contributed by atoms with Crippen LogP contribution < -0.4 is 15.2 Å². The van der Waals surface area contributed by atoms with Gasteiger partial charge in [0.15, 0.2) is 11.5 Å². The summed E-state index contributed by atoms with van der Waals surface area (Å²) >= 11 is 0. The molecule has 1 aromatic rings. The first-order chi connectivity index (χ1) is 18.5. The lowest BCUT2D eigenvalue weighted by Gasteiger charge is -2.28. The Balaban J connectivity index is 3.26. The molecule has 220 valence electrons. The highest BCUT2D eigenvalue weighted by Gasteiger charge is 2.33. The second kappa shape index (κ2) is 18.2. The molecule has 0 fully saturated rings. The first kappa shape index (κ1) is 33.9. The highest BCUT2D eigenvalue weighted by Crippen LogP contribution is 2.36. The smallest absolute Gasteiger partial charge is 0.480 e. The maximum atomic E-state index is 12.5. The molecule has 3 unspecified atom stereocenters. The lowest BCUT2D eigenvalue weighted by atomic mass is 9.82. The molecule has 0 aromatic heterocycles. The minimum Gasteiger partial charge on any atom is -0.480 e. The Morgan fingerprint density at radius 3 is 1.95 bits per heavy atom. The van der Waals surface area contributed by atoms with E-state index in [0.717, 1.165) is 25.7 Å². The van der Waals surface area contributed by atoms with Gasteiger partial charge in [-0.1, -0.05) is 59.4 Å². The van der Waals surface area contributed by atoms with E-state index in [2.05, 4.69) is 0 Å².